The largest absolute Gasteiger partial charge is 0.465 e. The molecule has 11 heteroatoms. The van der Waals surface area contributed by atoms with Gasteiger partial charge in [-0.15, -0.1) is 0 Å². The second kappa shape index (κ2) is 11.8. The number of carbonyl (C=O) groups is 5. The lowest BCUT2D eigenvalue weighted by atomic mass is 9.42. The number of epoxide rings is 1. The fourth-order valence-electron chi connectivity index (χ4n) is 7.62. The minimum Gasteiger partial charge on any atom is -0.465 e. The minimum atomic E-state index is -1.07. The van der Waals surface area contributed by atoms with Crippen LogP contribution in [0.25, 0.3) is 0 Å². The van der Waals surface area contributed by atoms with Crippen LogP contribution in [0.2, 0.25) is 0 Å². The van der Waals surface area contributed by atoms with E-state index in [1.807, 2.05) is 13.8 Å². The molecule has 8 atom stereocenters. The Kier molecular flexibility index (Phi) is 8.92. The van der Waals surface area contributed by atoms with Gasteiger partial charge in [-0.05, 0) is 50.9 Å². The number of esters is 5. The highest BCUT2D eigenvalue weighted by Crippen LogP contribution is 2.69. The van der Waals surface area contributed by atoms with E-state index in [9.17, 15) is 24.0 Å². The van der Waals surface area contributed by atoms with Crippen molar-refractivity contribution in [3.8, 4) is 0 Å². The van der Waals surface area contributed by atoms with Gasteiger partial charge >= 0.3 is 29.8 Å². The number of cyclic esters (lactones) is 1. The molecule has 0 amide bonds. The summed E-state index contributed by atoms with van der Waals surface area (Å²) in [4.78, 5) is 62.2. The first-order chi connectivity index (χ1) is 19.7. The van der Waals surface area contributed by atoms with E-state index in [-0.39, 0.29) is 25.6 Å². The summed E-state index contributed by atoms with van der Waals surface area (Å²) in [5.41, 5.74) is -1.64. The molecule has 0 bridgehead atoms. The molecule has 3 fully saturated rings. The van der Waals surface area contributed by atoms with E-state index in [4.69, 9.17) is 28.4 Å². The summed E-state index contributed by atoms with van der Waals surface area (Å²) in [7, 11) is 0. The number of rotatable bonds is 9. The van der Waals surface area contributed by atoms with Crippen LogP contribution in [0, 0.1) is 22.7 Å². The summed E-state index contributed by atoms with van der Waals surface area (Å²) in [6.07, 6.45) is 2.45. The molecule has 0 radical (unpaired) electrons. The molecule has 2 aliphatic carbocycles. The third-order valence-corrected chi connectivity index (χ3v) is 9.95. The van der Waals surface area contributed by atoms with Crippen LogP contribution in [0.15, 0.2) is 23.3 Å². The highest BCUT2D eigenvalue weighted by molar-refractivity contribution is 5.87. The summed E-state index contributed by atoms with van der Waals surface area (Å²) in [6, 6.07) is 0. The van der Waals surface area contributed by atoms with E-state index in [1.165, 1.54) is 26.8 Å². The maximum atomic E-state index is 13.2. The Hall–Kier alpha value is -3.21. The Bertz CT molecular complexity index is 1200. The number of hydrogen-bond donors (Lipinski definition) is 0. The van der Waals surface area contributed by atoms with Crippen molar-refractivity contribution < 1.29 is 52.4 Å². The Balaban J connectivity index is 1.90. The Morgan fingerprint density at radius 1 is 1.10 bits per heavy atom. The molecular formula is C31H42O11. The number of allylic oxidation sites excluding steroid dienone is 1. The van der Waals surface area contributed by atoms with Crippen LogP contribution in [0.3, 0.4) is 0 Å². The quantitative estimate of drug-likeness (QED) is 0.169. The van der Waals surface area contributed by atoms with Gasteiger partial charge < -0.3 is 28.4 Å². The lowest BCUT2D eigenvalue weighted by Crippen LogP contribution is -2.71. The highest BCUT2D eigenvalue weighted by Gasteiger charge is 2.77. The van der Waals surface area contributed by atoms with Crippen LogP contribution in [-0.4, -0.2) is 73.6 Å². The fraction of sp³-hybridized carbons (Fsp3) is 0.710. The van der Waals surface area contributed by atoms with E-state index in [0.717, 1.165) is 0 Å². The van der Waals surface area contributed by atoms with Crippen LogP contribution in [0.5, 0.6) is 0 Å². The first-order valence-corrected chi connectivity index (χ1v) is 14.5. The molecule has 2 aliphatic heterocycles. The van der Waals surface area contributed by atoms with Gasteiger partial charge in [0.15, 0.2) is 0 Å². The van der Waals surface area contributed by atoms with Crippen LogP contribution in [0.4, 0.5) is 0 Å². The van der Waals surface area contributed by atoms with Gasteiger partial charge in [-0.3, -0.25) is 14.4 Å². The molecule has 0 aromatic heterocycles. The second-order valence-corrected chi connectivity index (χ2v) is 12.4. The van der Waals surface area contributed by atoms with Crippen molar-refractivity contribution in [3.05, 3.63) is 23.3 Å². The summed E-state index contributed by atoms with van der Waals surface area (Å²) in [5.74, 6) is -3.22. The van der Waals surface area contributed by atoms with Crippen LogP contribution in [0.1, 0.15) is 74.1 Å². The van der Waals surface area contributed by atoms with Crippen LogP contribution < -0.4 is 0 Å². The lowest BCUT2D eigenvalue weighted by molar-refractivity contribution is -0.258. The molecule has 1 saturated heterocycles. The Morgan fingerprint density at radius 3 is 2.31 bits per heavy atom. The molecular weight excluding hydrogens is 548 g/mol. The van der Waals surface area contributed by atoms with E-state index in [1.54, 1.807) is 19.9 Å². The predicted octanol–water partition coefficient (Wildman–Crippen LogP) is 3.38. The van der Waals surface area contributed by atoms with Crippen LogP contribution in [-0.2, 0) is 52.4 Å². The van der Waals surface area contributed by atoms with Gasteiger partial charge in [0.05, 0.1) is 12.0 Å². The van der Waals surface area contributed by atoms with Crippen molar-refractivity contribution >= 4 is 29.8 Å². The standard InChI is InChI=1S/C31H42O11/c1-8-17(2)28(36)42-23-9-10-30(15-39-30)31(16-38-19(4)32)25(41-21(6)34)11-18(3)29(7,27(23)31)13-24(40-20(5)33)22-12-26(35)37-14-22/h8,12,18,23-25,27H,9-11,13-16H2,1-7H3/b17-8+/t18-,23-,24+,25+,27-,29+,30+,31-/m1/s1. The van der Waals surface area contributed by atoms with Gasteiger partial charge in [0.2, 0.25) is 0 Å². The first-order valence-electron chi connectivity index (χ1n) is 14.5. The summed E-state index contributed by atoms with van der Waals surface area (Å²) in [5, 5.41) is 0. The third-order valence-electron chi connectivity index (χ3n) is 9.95. The minimum absolute atomic E-state index is 0.00742. The zero-order valence-electron chi connectivity index (χ0n) is 25.5. The average Bonchev–Trinajstić information content (AvgIpc) is 3.56. The molecule has 0 unspecified atom stereocenters. The Morgan fingerprint density at radius 2 is 1.79 bits per heavy atom. The molecule has 2 heterocycles. The monoisotopic (exact) mass is 590 g/mol. The van der Waals surface area contributed by atoms with Crippen molar-refractivity contribution in [1.82, 2.24) is 0 Å². The average molecular weight is 591 g/mol. The maximum Gasteiger partial charge on any atom is 0.333 e. The second-order valence-electron chi connectivity index (χ2n) is 12.4. The maximum absolute atomic E-state index is 13.2. The smallest absolute Gasteiger partial charge is 0.333 e. The molecule has 4 rings (SSSR count). The van der Waals surface area contributed by atoms with E-state index in [2.05, 4.69) is 0 Å². The lowest BCUT2D eigenvalue weighted by Gasteiger charge is -2.64. The highest BCUT2D eigenvalue weighted by atomic mass is 16.6. The topological polar surface area (TPSA) is 144 Å². The van der Waals surface area contributed by atoms with Gasteiger partial charge in [0.1, 0.15) is 37.1 Å². The van der Waals surface area contributed by atoms with E-state index >= 15 is 0 Å². The number of hydrogen-bond acceptors (Lipinski definition) is 11. The van der Waals surface area contributed by atoms with Crippen molar-refractivity contribution in [3.63, 3.8) is 0 Å². The van der Waals surface area contributed by atoms with Crippen LogP contribution >= 0.6 is 0 Å². The fourth-order valence-corrected chi connectivity index (χ4v) is 7.62. The van der Waals surface area contributed by atoms with Gasteiger partial charge in [-0.25, -0.2) is 9.59 Å². The third kappa shape index (κ3) is 5.72. The normalized spacial score (nSPS) is 36.2. The zero-order valence-corrected chi connectivity index (χ0v) is 25.5. The van der Waals surface area contributed by atoms with Crippen molar-refractivity contribution in [2.45, 2.75) is 98.1 Å². The van der Waals surface area contributed by atoms with Crippen molar-refractivity contribution in [2.24, 2.45) is 22.7 Å². The molecule has 0 aromatic rings. The summed E-state index contributed by atoms with van der Waals surface area (Å²) in [6.45, 7) is 11.7. The molecule has 11 nitrogen and oxygen atoms in total. The predicted molar refractivity (Wildman–Crippen MR) is 146 cm³/mol. The molecule has 2 saturated carbocycles. The van der Waals surface area contributed by atoms with Gasteiger partial charge in [-0.2, -0.15) is 0 Å². The first kappa shape index (κ1) is 31.7. The van der Waals surface area contributed by atoms with Crippen molar-refractivity contribution in [1.29, 1.82) is 0 Å². The molecule has 1 spiro atoms. The molecule has 232 valence electrons. The SMILES string of the molecule is C/C=C(\C)C(=O)O[C@@H]1CC[C@]2(CO2)[C@]2(COC(C)=O)[C@@H](OC(C)=O)C[C@@H](C)[C@](C)(C[C@H](OC(C)=O)C3=CC(=O)OC3)[C@@H]12. The Labute approximate surface area is 246 Å². The zero-order chi connectivity index (χ0) is 31.0. The summed E-state index contributed by atoms with van der Waals surface area (Å²) < 4.78 is 35.1. The van der Waals surface area contributed by atoms with E-state index < -0.39 is 70.5 Å². The van der Waals surface area contributed by atoms with Gasteiger partial charge in [0, 0.05) is 43.9 Å². The molecule has 0 aromatic carbocycles. The van der Waals surface area contributed by atoms with E-state index in [0.29, 0.717) is 37.0 Å². The molecule has 0 N–H and O–H groups in total. The van der Waals surface area contributed by atoms with Gasteiger partial charge in [0.25, 0.3) is 0 Å². The van der Waals surface area contributed by atoms with Crippen molar-refractivity contribution in [2.75, 3.05) is 19.8 Å². The number of carbonyl (C=O) groups excluding carboxylic acids is 5. The molecule has 4 aliphatic rings. The van der Waals surface area contributed by atoms with Gasteiger partial charge in [-0.1, -0.05) is 19.9 Å². The molecule has 42 heavy (non-hydrogen) atoms. The number of fused-ring (bicyclic) bond motifs is 2. The number of ether oxygens (including phenoxy) is 6. The summed E-state index contributed by atoms with van der Waals surface area (Å²) >= 11 is 0.